The molecule has 0 amide bonds. The van der Waals surface area contributed by atoms with Crippen LogP contribution in [0.1, 0.15) is 17.0 Å². The number of imidazole rings is 1. The molecule has 4 nitrogen and oxygen atoms in total. The Bertz CT molecular complexity index is 749. The van der Waals surface area contributed by atoms with Crippen molar-refractivity contribution < 1.29 is 4.74 Å². The van der Waals surface area contributed by atoms with Crippen LogP contribution in [-0.4, -0.2) is 23.0 Å². The Balaban J connectivity index is 2.00. The number of benzene rings is 1. The van der Waals surface area contributed by atoms with Gasteiger partial charge >= 0.3 is 0 Å². The Kier molecular flexibility index (Phi) is 3.88. The monoisotopic (exact) mass is 281 g/mol. The van der Waals surface area contributed by atoms with Gasteiger partial charge in [0.2, 0.25) is 0 Å². The highest BCUT2D eigenvalue weighted by molar-refractivity contribution is 5.45. The van der Waals surface area contributed by atoms with Crippen LogP contribution in [0.4, 0.5) is 0 Å². The molecular formula is C17H19N3O. The lowest BCUT2D eigenvalue weighted by molar-refractivity contribution is 0.414. The number of methoxy groups -OCH3 is 1. The van der Waals surface area contributed by atoms with Crippen LogP contribution in [0, 0.1) is 0 Å². The summed E-state index contributed by atoms with van der Waals surface area (Å²) >= 11 is 0. The number of ether oxygens (including phenoxy) is 1. The molecule has 108 valence electrons. The smallest absolute Gasteiger partial charge is 0.137 e. The van der Waals surface area contributed by atoms with E-state index >= 15 is 0 Å². The van der Waals surface area contributed by atoms with E-state index in [4.69, 9.17) is 15.5 Å². The summed E-state index contributed by atoms with van der Waals surface area (Å²) in [4.78, 5) is 4.75. The fourth-order valence-electron chi connectivity index (χ4n) is 2.61. The molecule has 0 fully saturated rings. The highest BCUT2D eigenvalue weighted by Crippen LogP contribution is 2.19. The van der Waals surface area contributed by atoms with Crippen LogP contribution < -0.4 is 10.5 Å². The van der Waals surface area contributed by atoms with Gasteiger partial charge in [-0.25, -0.2) is 4.98 Å². The molecule has 4 heteroatoms. The first-order valence-electron chi connectivity index (χ1n) is 7.09. The van der Waals surface area contributed by atoms with Crippen LogP contribution in [0.5, 0.6) is 5.75 Å². The maximum Gasteiger partial charge on any atom is 0.137 e. The zero-order chi connectivity index (χ0) is 14.7. The van der Waals surface area contributed by atoms with E-state index < -0.39 is 0 Å². The van der Waals surface area contributed by atoms with Gasteiger partial charge < -0.3 is 14.9 Å². The van der Waals surface area contributed by atoms with Gasteiger partial charge in [-0.15, -0.1) is 0 Å². The van der Waals surface area contributed by atoms with Gasteiger partial charge in [0.1, 0.15) is 11.4 Å². The molecule has 21 heavy (non-hydrogen) atoms. The number of aromatic nitrogens is 2. The molecule has 0 spiro atoms. The summed E-state index contributed by atoms with van der Waals surface area (Å²) < 4.78 is 7.41. The SMILES string of the molecule is COc1cccc(Cc2nc3ccccn3c2CCN)c1. The number of nitrogens with two attached hydrogens (primary N) is 1. The second kappa shape index (κ2) is 5.97. The first kappa shape index (κ1) is 13.6. The summed E-state index contributed by atoms with van der Waals surface area (Å²) in [5.74, 6) is 0.872. The zero-order valence-corrected chi connectivity index (χ0v) is 12.1. The van der Waals surface area contributed by atoms with E-state index in [1.807, 2.05) is 36.5 Å². The normalized spacial score (nSPS) is 11.0. The highest BCUT2D eigenvalue weighted by Gasteiger charge is 2.12. The zero-order valence-electron chi connectivity index (χ0n) is 12.1. The summed E-state index contributed by atoms with van der Waals surface area (Å²) in [5, 5.41) is 0. The second-order valence-electron chi connectivity index (χ2n) is 5.00. The molecule has 3 aromatic rings. The van der Waals surface area contributed by atoms with Gasteiger partial charge in [0.25, 0.3) is 0 Å². The summed E-state index contributed by atoms with van der Waals surface area (Å²) in [6, 6.07) is 14.2. The van der Waals surface area contributed by atoms with Gasteiger partial charge in [-0.05, 0) is 36.4 Å². The van der Waals surface area contributed by atoms with Crippen molar-refractivity contribution in [3.05, 3.63) is 65.6 Å². The van der Waals surface area contributed by atoms with E-state index in [0.717, 1.165) is 29.9 Å². The van der Waals surface area contributed by atoms with Gasteiger partial charge in [-0.1, -0.05) is 18.2 Å². The van der Waals surface area contributed by atoms with E-state index in [0.29, 0.717) is 6.54 Å². The van der Waals surface area contributed by atoms with Crippen molar-refractivity contribution in [2.24, 2.45) is 5.73 Å². The molecule has 0 radical (unpaired) electrons. The Morgan fingerprint density at radius 1 is 1.19 bits per heavy atom. The Morgan fingerprint density at radius 2 is 2.10 bits per heavy atom. The molecule has 1 aromatic carbocycles. The van der Waals surface area contributed by atoms with Crippen LogP contribution in [0.25, 0.3) is 5.65 Å². The van der Waals surface area contributed by atoms with Crippen molar-refractivity contribution in [2.75, 3.05) is 13.7 Å². The molecule has 2 aromatic heterocycles. The first-order chi connectivity index (χ1) is 10.3. The largest absolute Gasteiger partial charge is 0.497 e. The number of nitrogens with zero attached hydrogens (tertiary/aromatic N) is 2. The Labute approximate surface area is 124 Å². The maximum absolute atomic E-state index is 5.76. The standard InChI is InChI=1S/C17H19N3O/c1-21-14-6-4-5-13(11-14)12-15-16(8-9-18)20-10-3-2-7-17(20)19-15/h2-7,10-11H,8-9,12,18H2,1H3. The fraction of sp³-hybridized carbons (Fsp3) is 0.235. The summed E-state index contributed by atoms with van der Waals surface area (Å²) in [5.41, 5.74) is 10.2. The van der Waals surface area contributed by atoms with Gasteiger partial charge in [-0.3, -0.25) is 0 Å². The van der Waals surface area contributed by atoms with Crippen molar-refractivity contribution in [3.8, 4) is 5.75 Å². The fourth-order valence-corrected chi connectivity index (χ4v) is 2.61. The van der Waals surface area contributed by atoms with E-state index in [1.54, 1.807) is 7.11 Å². The minimum atomic E-state index is 0.619. The number of hydrogen-bond acceptors (Lipinski definition) is 3. The molecule has 0 saturated heterocycles. The molecule has 0 aliphatic carbocycles. The lowest BCUT2D eigenvalue weighted by Gasteiger charge is -2.05. The van der Waals surface area contributed by atoms with Crippen molar-refractivity contribution in [2.45, 2.75) is 12.8 Å². The highest BCUT2D eigenvalue weighted by atomic mass is 16.5. The summed E-state index contributed by atoms with van der Waals surface area (Å²) in [6.07, 6.45) is 3.65. The number of fused-ring (bicyclic) bond motifs is 1. The van der Waals surface area contributed by atoms with Crippen molar-refractivity contribution >= 4 is 5.65 Å². The topological polar surface area (TPSA) is 52.5 Å². The van der Waals surface area contributed by atoms with E-state index in [-0.39, 0.29) is 0 Å². The molecule has 0 bridgehead atoms. The lowest BCUT2D eigenvalue weighted by Crippen LogP contribution is -2.07. The Hall–Kier alpha value is -2.33. The van der Waals surface area contributed by atoms with Crippen molar-refractivity contribution in [3.63, 3.8) is 0 Å². The van der Waals surface area contributed by atoms with Crippen LogP contribution in [0.2, 0.25) is 0 Å². The third kappa shape index (κ3) is 2.76. The van der Waals surface area contributed by atoms with Gasteiger partial charge in [-0.2, -0.15) is 0 Å². The third-order valence-corrected chi connectivity index (χ3v) is 3.60. The van der Waals surface area contributed by atoms with E-state index in [9.17, 15) is 0 Å². The van der Waals surface area contributed by atoms with Gasteiger partial charge in [0, 0.05) is 24.7 Å². The summed E-state index contributed by atoms with van der Waals surface area (Å²) in [6.45, 7) is 0.619. The van der Waals surface area contributed by atoms with E-state index in [1.165, 1.54) is 11.3 Å². The molecule has 0 saturated carbocycles. The van der Waals surface area contributed by atoms with Crippen LogP contribution >= 0.6 is 0 Å². The van der Waals surface area contributed by atoms with E-state index in [2.05, 4.69) is 16.5 Å². The molecule has 3 rings (SSSR count). The van der Waals surface area contributed by atoms with Crippen LogP contribution in [-0.2, 0) is 12.8 Å². The predicted octanol–water partition coefficient (Wildman–Crippen LogP) is 2.43. The molecule has 0 aliphatic rings. The van der Waals surface area contributed by atoms with Crippen LogP contribution in [0.3, 0.4) is 0 Å². The molecular weight excluding hydrogens is 262 g/mol. The quantitative estimate of drug-likeness (QED) is 0.781. The van der Waals surface area contributed by atoms with Gasteiger partial charge in [0.05, 0.1) is 12.8 Å². The third-order valence-electron chi connectivity index (χ3n) is 3.60. The van der Waals surface area contributed by atoms with Crippen molar-refractivity contribution in [1.82, 2.24) is 9.38 Å². The predicted molar refractivity (Wildman–Crippen MR) is 83.8 cm³/mol. The minimum absolute atomic E-state index is 0.619. The average molecular weight is 281 g/mol. The lowest BCUT2D eigenvalue weighted by atomic mass is 10.1. The number of pyridine rings is 1. The summed E-state index contributed by atoms with van der Waals surface area (Å²) in [7, 11) is 1.68. The average Bonchev–Trinajstić information content (AvgIpc) is 2.86. The minimum Gasteiger partial charge on any atom is -0.497 e. The molecule has 0 aliphatic heterocycles. The van der Waals surface area contributed by atoms with Crippen molar-refractivity contribution in [1.29, 1.82) is 0 Å². The maximum atomic E-state index is 5.76. The number of rotatable bonds is 5. The molecule has 2 heterocycles. The molecule has 0 unspecified atom stereocenters. The second-order valence-corrected chi connectivity index (χ2v) is 5.00. The number of hydrogen-bond donors (Lipinski definition) is 1. The van der Waals surface area contributed by atoms with Gasteiger partial charge in [0.15, 0.2) is 0 Å². The first-order valence-corrected chi connectivity index (χ1v) is 7.09. The Morgan fingerprint density at radius 3 is 2.90 bits per heavy atom. The van der Waals surface area contributed by atoms with Crippen LogP contribution in [0.15, 0.2) is 48.7 Å². The molecule has 2 N–H and O–H groups in total. The molecule has 0 atom stereocenters.